The Kier molecular flexibility index (Phi) is 5.01. The van der Waals surface area contributed by atoms with Crippen molar-refractivity contribution in [1.82, 2.24) is 19.9 Å². The molecule has 1 unspecified atom stereocenters. The molecule has 2 heterocycles. The van der Waals surface area contributed by atoms with Crippen LogP contribution in [0.1, 0.15) is 22.3 Å². The van der Waals surface area contributed by atoms with Gasteiger partial charge in [-0.25, -0.2) is 4.68 Å². The van der Waals surface area contributed by atoms with Gasteiger partial charge < -0.3 is 10.6 Å². The summed E-state index contributed by atoms with van der Waals surface area (Å²) >= 11 is 0. The monoisotopic (exact) mass is 357 g/mol. The van der Waals surface area contributed by atoms with Crippen LogP contribution in [0.15, 0.2) is 48.5 Å². The van der Waals surface area contributed by atoms with Crippen molar-refractivity contribution in [3.8, 4) is 0 Å². The second-order valence-corrected chi connectivity index (χ2v) is 6.23. The van der Waals surface area contributed by atoms with E-state index in [2.05, 4.69) is 10.3 Å². The minimum Gasteiger partial charge on any atom is -0.337 e. The molecule has 6 nitrogen and oxygen atoms in total. The van der Waals surface area contributed by atoms with Gasteiger partial charge in [0.1, 0.15) is 5.52 Å². The van der Waals surface area contributed by atoms with Crippen molar-refractivity contribution in [2.45, 2.75) is 19.0 Å². The van der Waals surface area contributed by atoms with E-state index < -0.39 is 0 Å². The van der Waals surface area contributed by atoms with Crippen molar-refractivity contribution in [2.75, 3.05) is 13.1 Å². The molecular weight excluding hydrogens is 338 g/mol. The van der Waals surface area contributed by atoms with Crippen molar-refractivity contribution >= 4 is 29.3 Å². The highest BCUT2D eigenvalue weighted by atomic mass is 35.5. The van der Waals surface area contributed by atoms with Gasteiger partial charge in [-0.15, -0.1) is 17.5 Å². The number of benzene rings is 2. The number of rotatable bonds is 3. The Balaban J connectivity index is 0.00000182. The van der Waals surface area contributed by atoms with E-state index in [1.54, 1.807) is 0 Å². The van der Waals surface area contributed by atoms with Crippen LogP contribution >= 0.6 is 12.4 Å². The fraction of sp³-hybridized carbons (Fsp3) is 0.278. The SMILES string of the molecule is Cl.NC1CCN(C(=O)c2ccc(Cn3nnc4ccccc43)cc2)C1. The van der Waals surface area contributed by atoms with Gasteiger partial charge in [0.05, 0.1) is 12.1 Å². The topological polar surface area (TPSA) is 77.0 Å². The molecule has 0 radical (unpaired) electrons. The Morgan fingerprint density at radius 2 is 1.92 bits per heavy atom. The van der Waals surface area contributed by atoms with Crippen LogP contribution in [-0.2, 0) is 6.54 Å². The normalized spacial score (nSPS) is 16.8. The molecule has 130 valence electrons. The average Bonchev–Trinajstić information content (AvgIpc) is 3.22. The maximum Gasteiger partial charge on any atom is 0.253 e. The summed E-state index contributed by atoms with van der Waals surface area (Å²) in [6.07, 6.45) is 0.878. The number of hydrogen-bond acceptors (Lipinski definition) is 4. The van der Waals surface area contributed by atoms with Crippen LogP contribution in [0.5, 0.6) is 0 Å². The molecule has 1 saturated heterocycles. The molecule has 1 fully saturated rings. The second kappa shape index (κ2) is 7.21. The fourth-order valence-electron chi connectivity index (χ4n) is 3.11. The maximum absolute atomic E-state index is 12.4. The average molecular weight is 358 g/mol. The highest BCUT2D eigenvalue weighted by molar-refractivity contribution is 5.94. The van der Waals surface area contributed by atoms with E-state index in [-0.39, 0.29) is 24.4 Å². The molecule has 0 aliphatic carbocycles. The number of fused-ring (bicyclic) bond motifs is 1. The zero-order valence-corrected chi connectivity index (χ0v) is 14.5. The first-order chi connectivity index (χ1) is 11.7. The number of amides is 1. The number of nitrogens with two attached hydrogens (primary N) is 1. The van der Waals surface area contributed by atoms with Gasteiger partial charge in [-0.1, -0.05) is 29.5 Å². The first-order valence-electron chi connectivity index (χ1n) is 8.13. The third-order valence-corrected chi connectivity index (χ3v) is 4.47. The summed E-state index contributed by atoms with van der Waals surface area (Å²) < 4.78 is 1.87. The van der Waals surface area contributed by atoms with Crippen molar-refractivity contribution in [2.24, 2.45) is 5.73 Å². The van der Waals surface area contributed by atoms with Gasteiger partial charge in [0.2, 0.25) is 0 Å². The third-order valence-electron chi connectivity index (χ3n) is 4.47. The van der Waals surface area contributed by atoms with Gasteiger partial charge in [0, 0.05) is 24.7 Å². The van der Waals surface area contributed by atoms with E-state index in [0.717, 1.165) is 29.6 Å². The lowest BCUT2D eigenvalue weighted by atomic mass is 10.1. The number of carbonyl (C=O) groups is 1. The van der Waals surface area contributed by atoms with E-state index in [1.165, 1.54) is 0 Å². The lowest BCUT2D eigenvalue weighted by molar-refractivity contribution is 0.0791. The largest absolute Gasteiger partial charge is 0.337 e. The van der Waals surface area contributed by atoms with Crippen LogP contribution in [0.3, 0.4) is 0 Å². The highest BCUT2D eigenvalue weighted by Gasteiger charge is 2.24. The van der Waals surface area contributed by atoms with Crippen LogP contribution in [0.2, 0.25) is 0 Å². The zero-order valence-electron chi connectivity index (χ0n) is 13.7. The molecule has 1 aliphatic rings. The molecule has 0 bridgehead atoms. The first kappa shape index (κ1) is 17.4. The predicted octanol–water partition coefficient (Wildman–Crippen LogP) is 2.07. The number of hydrogen-bond donors (Lipinski definition) is 1. The molecule has 0 spiro atoms. The Morgan fingerprint density at radius 3 is 2.64 bits per heavy atom. The summed E-state index contributed by atoms with van der Waals surface area (Å²) in [4.78, 5) is 14.3. The van der Waals surface area contributed by atoms with Gasteiger partial charge in [-0.3, -0.25) is 4.79 Å². The first-order valence-corrected chi connectivity index (χ1v) is 8.13. The van der Waals surface area contributed by atoms with E-state index in [4.69, 9.17) is 5.73 Å². The van der Waals surface area contributed by atoms with Gasteiger partial charge in [0.25, 0.3) is 5.91 Å². The Hall–Kier alpha value is -2.44. The van der Waals surface area contributed by atoms with Crippen molar-refractivity contribution in [1.29, 1.82) is 0 Å². The number of halogens is 1. The van der Waals surface area contributed by atoms with Crippen molar-refractivity contribution in [3.05, 3.63) is 59.7 Å². The molecular formula is C18H20ClN5O. The van der Waals surface area contributed by atoms with Crippen molar-refractivity contribution < 1.29 is 4.79 Å². The summed E-state index contributed by atoms with van der Waals surface area (Å²) in [7, 11) is 0. The van der Waals surface area contributed by atoms with Crippen LogP contribution in [0.4, 0.5) is 0 Å². The Bertz CT molecular complexity index is 877. The molecule has 0 saturated carbocycles. The molecule has 1 atom stereocenters. The smallest absolute Gasteiger partial charge is 0.253 e. The van der Waals surface area contributed by atoms with Gasteiger partial charge in [-0.2, -0.15) is 0 Å². The van der Waals surface area contributed by atoms with E-state index in [1.807, 2.05) is 58.1 Å². The number of para-hydroxylation sites is 1. The lowest BCUT2D eigenvalue weighted by Gasteiger charge is -2.16. The van der Waals surface area contributed by atoms with E-state index in [0.29, 0.717) is 18.7 Å². The summed E-state index contributed by atoms with van der Waals surface area (Å²) in [5.74, 6) is 0.0562. The van der Waals surface area contributed by atoms with Gasteiger partial charge in [0.15, 0.2) is 0 Å². The molecule has 25 heavy (non-hydrogen) atoms. The standard InChI is InChI=1S/C18H19N5O.ClH/c19-15-9-10-22(12-15)18(24)14-7-5-13(6-8-14)11-23-17-4-2-1-3-16(17)20-21-23;/h1-8,15H,9-12,19H2;1H. The van der Waals surface area contributed by atoms with Crippen molar-refractivity contribution in [3.63, 3.8) is 0 Å². The van der Waals surface area contributed by atoms with Gasteiger partial charge in [-0.05, 0) is 36.2 Å². The van der Waals surface area contributed by atoms with Crippen LogP contribution in [0, 0.1) is 0 Å². The highest BCUT2D eigenvalue weighted by Crippen LogP contribution is 2.15. The minimum atomic E-state index is 0. The zero-order chi connectivity index (χ0) is 16.5. The number of carbonyl (C=O) groups excluding carboxylic acids is 1. The summed E-state index contributed by atoms with van der Waals surface area (Å²) in [5, 5.41) is 8.36. The summed E-state index contributed by atoms with van der Waals surface area (Å²) in [6.45, 7) is 2.02. The second-order valence-electron chi connectivity index (χ2n) is 6.23. The molecule has 4 rings (SSSR count). The number of likely N-dealkylation sites (tertiary alicyclic amines) is 1. The predicted molar refractivity (Wildman–Crippen MR) is 98.8 cm³/mol. The van der Waals surface area contributed by atoms with E-state index in [9.17, 15) is 4.79 Å². The summed E-state index contributed by atoms with van der Waals surface area (Å²) in [6, 6.07) is 15.7. The quantitative estimate of drug-likeness (QED) is 0.778. The Labute approximate surface area is 152 Å². The van der Waals surface area contributed by atoms with Crippen LogP contribution in [0.25, 0.3) is 11.0 Å². The maximum atomic E-state index is 12.4. The lowest BCUT2D eigenvalue weighted by Crippen LogP contribution is -2.31. The molecule has 3 aromatic rings. The Morgan fingerprint density at radius 1 is 1.16 bits per heavy atom. The van der Waals surface area contributed by atoms with Crippen LogP contribution < -0.4 is 5.73 Å². The fourth-order valence-corrected chi connectivity index (χ4v) is 3.11. The van der Waals surface area contributed by atoms with E-state index >= 15 is 0 Å². The molecule has 2 N–H and O–H groups in total. The summed E-state index contributed by atoms with van der Waals surface area (Å²) in [5.41, 5.74) is 9.55. The number of nitrogens with zero attached hydrogens (tertiary/aromatic N) is 4. The molecule has 7 heteroatoms. The number of aromatic nitrogens is 3. The molecule has 2 aromatic carbocycles. The third kappa shape index (κ3) is 3.50. The molecule has 1 aromatic heterocycles. The molecule has 1 aliphatic heterocycles. The molecule has 1 amide bonds. The minimum absolute atomic E-state index is 0. The van der Waals surface area contributed by atoms with Crippen LogP contribution in [-0.4, -0.2) is 44.9 Å². The van der Waals surface area contributed by atoms with Gasteiger partial charge >= 0.3 is 0 Å².